The minimum Gasteiger partial charge on any atom is -0.481 e. The molecule has 2 atom stereocenters. The number of ether oxygens (including phenoxy) is 1. The summed E-state index contributed by atoms with van der Waals surface area (Å²) in [6, 6.07) is 7.88. The molecule has 1 aromatic carbocycles. The highest BCUT2D eigenvalue weighted by atomic mass is 16.5. The molecule has 0 aliphatic carbocycles. The summed E-state index contributed by atoms with van der Waals surface area (Å²) in [7, 11) is 0. The molecule has 1 amide bonds. The lowest BCUT2D eigenvalue weighted by atomic mass is 10.0. The zero-order chi connectivity index (χ0) is 15.0. The molecule has 20 heavy (non-hydrogen) atoms. The average Bonchev–Trinajstić information content (AvgIpc) is 2.46. The predicted molar refractivity (Wildman–Crippen MR) is 81.8 cm³/mol. The van der Waals surface area contributed by atoms with Crippen molar-refractivity contribution >= 4 is 5.91 Å². The van der Waals surface area contributed by atoms with Crippen molar-refractivity contribution in [1.82, 2.24) is 5.32 Å². The minimum atomic E-state index is -0.499. The van der Waals surface area contributed by atoms with E-state index in [0.29, 0.717) is 6.54 Å². The molecule has 3 N–H and O–H groups in total. The van der Waals surface area contributed by atoms with E-state index >= 15 is 0 Å². The summed E-state index contributed by atoms with van der Waals surface area (Å²) < 4.78 is 5.78. The SMILES string of the molecule is CCCNC(=O)C(C)Oc1ccccc1CC(N)CC. The molecule has 0 fully saturated rings. The van der Waals surface area contributed by atoms with Crippen molar-refractivity contribution < 1.29 is 9.53 Å². The zero-order valence-electron chi connectivity index (χ0n) is 12.7. The van der Waals surface area contributed by atoms with Gasteiger partial charge in [-0.25, -0.2) is 0 Å². The number of carbonyl (C=O) groups is 1. The van der Waals surface area contributed by atoms with Crippen LogP contribution in [-0.2, 0) is 11.2 Å². The first-order valence-electron chi connectivity index (χ1n) is 7.36. The van der Waals surface area contributed by atoms with Crippen molar-refractivity contribution in [2.75, 3.05) is 6.54 Å². The number of para-hydroxylation sites is 1. The second-order valence-corrected chi connectivity index (χ2v) is 5.03. The summed E-state index contributed by atoms with van der Waals surface area (Å²) in [5.74, 6) is 0.664. The Bertz CT molecular complexity index is 421. The van der Waals surface area contributed by atoms with Crippen LogP contribution in [0.1, 0.15) is 39.2 Å². The van der Waals surface area contributed by atoms with Crippen LogP contribution in [0.15, 0.2) is 24.3 Å². The summed E-state index contributed by atoms with van der Waals surface area (Å²) >= 11 is 0. The maximum Gasteiger partial charge on any atom is 0.260 e. The van der Waals surface area contributed by atoms with Crippen molar-refractivity contribution in [3.05, 3.63) is 29.8 Å². The van der Waals surface area contributed by atoms with E-state index in [1.165, 1.54) is 0 Å². The van der Waals surface area contributed by atoms with Crippen LogP contribution in [0, 0.1) is 0 Å². The monoisotopic (exact) mass is 278 g/mol. The van der Waals surface area contributed by atoms with Gasteiger partial charge < -0.3 is 15.8 Å². The fraction of sp³-hybridized carbons (Fsp3) is 0.562. The van der Waals surface area contributed by atoms with Gasteiger partial charge in [-0.05, 0) is 37.8 Å². The van der Waals surface area contributed by atoms with Gasteiger partial charge in [0.15, 0.2) is 6.10 Å². The summed E-state index contributed by atoms with van der Waals surface area (Å²) in [6.07, 6.45) is 2.10. The Balaban J connectivity index is 2.69. The Morgan fingerprint density at radius 1 is 1.35 bits per heavy atom. The van der Waals surface area contributed by atoms with Crippen molar-refractivity contribution in [1.29, 1.82) is 0 Å². The van der Waals surface area contributed by atoms with Crippen LogP contribution in [-0.4, -0.2) is 24.6 Å². The second-order valence-electron chi connectivity index (χ2n) is 5.03. The lowest BCUT2D eigenvalue weighted by Crippen LogP contribution is -2.36. The number of amides is 1. The Hall–Kier alpha value is -1.55. The average molecular weight is 278 g/mol. The Labute approximate surface area is 121 Å². The van der Waals surface area contributed by atoms with Crippen LogP contribution >= 0.6 is 0 Å². The first-order valence-corrected chi connectivity index (χ1v) is 7.36. The molecule has 0 aliphatic heterocycles. The number of hydrogen-bond acceptors (Lipinski definition) is 3. The van der Waals surface area contributed by atoms with E-state index in [1.54, 1.807) is 6.92 Å². The van der Waals surface area contributed by atoms with E-state index in [4.69, 9.17) is 10.5 Å². The standard InChI is InChI=1S/C16H26N2O2/c1-4-10-18-16(19)12(3)20-15-9-7-6-8-13(15)11-14(17)5-2/h6-9,12,14H,4-5,10-11,17H2,1-3H3,(H,18,19). The van der Waals surface area contributed by atoms with Crippen LogP contribution in [0.5, 0.6) is 5.75 Å². The fourth-order valence-electron chi connectivity index (χ4n) is 1.85. The number of rotatable bonds is 8. The molecule has 0 spiro atoms. The van der Waals surface area contributed by atoms with Gasteiger partial charge in [-0.15, -0.1) is 0 Å². The third kappa shape index (κ3) is 5.21. The van der Waals surface area contributed by atoms with Gasteiger partial charge in [0.2, 0.25) is 0 Å². The van der Waals surface area contributed by atoms with Crippen molar-refractivity contribution in [2.24, 2.45) is 5.73 Å². The number of benzene rings is 1. The molecule has 4 nitrogen and oxygen atoms in total. The molecule has 1 rings (SSSR count). The lowest BCUT2D eigenvalue weighted by molar-refractivity contribution is -0.127. The molecule has 0 saturated carbocycles. The van der Waals surface area contributed by atoms with Gasteiger partial charge >= 0.3 is 0 Å². The molecule has 112 valence electrons. The van der Waals surface area contributed by atoms with Gasteiger partial charge in [0, 0.05) is 12.6 Å². The highest BCUT2D eigenvalue weighted by molar-refractivity contribution is 5.80. The van der Waals surface area contributed by atoms with Gasteiger partial charge in [-0.2, -0.15) is 0 Å². The molecule has 2 unspecified atom stereocenters. The zero-order valence-corrected chi connectivity index (χ0v) is 12.7. The van der Waals surface area contributed by atoms with Gasteiger partial charge in [-0.3, -0.25) is 4.79 Å². The Kier molecular flexibility index (Phi) is 7.09. The van der Waals surface area contributed by atoms with E-state index < -0.39 is 6.10 Å². The van der Waals surface area contributed by atoms with Crippen LogP contribution in [0.2, 0.25) is 0 Å². The summed E-state index contributed by atoms with van der Waals surface area (Å²) in [5, 5.41) is 2.84. The van der Waals surface area contributed by atoms with Crippen LogP contribution < -0.4 is 15.8 Å². The topological polar surface area (TPSA) is 64.3 Å². The molecular formula is C16H26N2O2. The fourth-order valence-corrected chi connectivity index (χ4v) is 1.85. The molecular weight excluding hydrogens is 252 g/mol. The highest BCUT2D eigenvalue weighted by Gasteiger charge is 2.16. The van der Waals surface area contributed by atoms with E-state index in [0.717, 1.165) is 30.6 Å². The number of nitrogens with one attached hydrogen (secondary N) is 1. The maximum absolute atomic E-state index is 11.8. The third-order valence-electron chi connectivity index (χ3n) is 3.20. The molecule has 0 aliphatic rings. The number of carbonyl (C=O) groups excluding carboxylic acids is 1. The summed E-state index contributed by atoms with van der Waals surface area (Å²) in [4.78, 5) is 11.8. The molecule has 1 aromatic rings. The minimum absolute atomic E-state index is 0.0820. The molecule has 0 bridgehead atoms. The van der Waals surface area contributed by atoms with Gasteiger partial charge in [0.05, 0.1) is 0 Å². The van der Waals surface area contributed by atoms with Gasteiger partial charge in [0.1, 0.15) is 5.75 Å². The van der Waals surface area contributed by atoms with Crippen molar-refractivity contribution in [3.63, 3.8) is 0 Å². The first kappa shape index (κ1) is 16.5. The molecule has 4 heteroatoms. The maximum atomic E-state index is 11.8. The van der Waals surface area contributed by atoms with Crippen molar-refractivity contribution in [3.8, 4) is 5.75 Å². The van der Waals surface area contributed by atoms with Crippen LogP contribution in [0.3, 0.4) is 0 Å². The van der Waals surface area contributed by atoms with Crippen LogP contribution in [0.25, 0.3) is 0 Å². The molecule has 0 saturated heterocycles. The van der Waals surface area contributed by atoms with E-state index in [9.17, 15) is 4.79 Å². The second kappa shape index (κ2) is 8.59. The Morgan fingerprint density at radius 2 is 2.05 bits per heavy atom. The third-order valence-corrected chi connectivity index (χ3v) is 3.20. The quantitative estimate of drug-likeness (QED) is 0.766. The smallest absolute Gasteiger partial charge is 0.260 e. The van der Waals surface area contributed by atoms with Gasteiger partial charge in [0.25, 0.3) is 5.91 Å². The molecule has 0 heterocycles. The normalized spacial score (nSPS) is 13.6. The molecule has 0 radical (unpaired) electrons. The first-order chi connectivity index (χ1) is 9.58. The van der Waals surface area contributed by atoms with Crippen LogP contribution in [0.4, 0.5) is 0 Å². The Morgan fingerprint density at radius 3 is 2.70 bits per heavy atom. The predicted octanol–water partition coefficient (Wildman–Crippen LogP) is 2.26. The highest BCUT2D eigenvalue weighted by Crippen LogP contribution is 2.21. The number of hydrogen-bond donors (Lipinski definition) is 2. The van der Waals surface area contributed by atoms with Crippen molar-refractivity contribution in [2.45, 2.75) is 52.2 Å². The van der Waals surface area contributed by atoms with E-state index in [-0.39, 0.29) is 11.9 Å². The van der Waals surface area contributed by atoms with E-state index in [2.05, 4.69) is 12.2 Å². The molecule has 0 aromatic heterocycles. The largest absolute Gasteiger partial charge is 0.481 e. The summed E-state index contributed by atoms with van der Waals surface area (Å²) in [5.41, 5.74) is 7.05. The summed E-state index contributed by atoms with van der Waals surface area (Å²) in [6.45, 7) is 6.53. The lowest BCUT2D eigenvalue weighted by Gasteiger charge is -2.18. The van der Waals surface area contributed by atoms with Gasteiger partial charge in [-0.1, -0.05) is 32.0 Å². The van der Waals surface area contributed by atoms with E-state index in [1.807, 2.05) is 31.2 Å². The number of nitrogens with two attached hydrogens (primary N) is 1.